The number of hydrogen-bond acceptors (Lipinski definition) is 3. The van der Waals surface area contributed by atoms with Crippen molar-refractivity contribution in [3.63, 3.8) is 0 Å². The molecule has 2 atom stereocenters. The highest BCUT2D eigenvalue weighted by molar-refractivity contribution is 9.10. The number of carbonyl (C=O) groups is 1. The number of nitrogens with one attached hydrogen (secondary N) is 1. The number of nitrogens with zero attached hydrogens (tertiary/aromatic N) is 1. The van der Waals surface area contributed by atoms with Gasteiger partial charge in [0.25, 0.3) is 0 Å². The van der Waals surface area contributed by atoms with E-state index in [1.807, 2.05) is 19.2 Å². The molecule has 4 nitrogen and oxygen atoms in total. The van der Waals surface area contributed by atoms with Gasteiger partial charge in [-0.3, -0.25) is 4.79 Å². The van der Waals surface area contributed by atoms with Crippen LogP contribution in [0.5, 0.6) is 0 Å². The van der Waals surface area contributed by atoms with E-state index in [0.717, 1.165) is 24.2 Å². The standard InChI is InChI=1S/C16H23BrN2O2/c1-12(13-3-5-14(17)6-4-13)9-16(20)19(2)11-15-10-18-7-8-21-15/h3-6,12,15,18H,7-11H2,1-2H3. The van der Waals surface area contributed by atoms with Crippen LogP contribution >= 0.6 is 15.9 Å². The highest BCUT2D eigenvalue weighted by atomic mass is 79.9. The molecule has 1 N–H and O–H groups in total. The molecule has 1 aromatic carbocycles. The molecule has 1 aliphatic rings. The zero-order valence-electron chi connectivity index (χ0n) is 12.6. The number of likely N-dealkylation sites (N-methyl/N-ethyl adjacent to an activating group) is 1. The average molecular weight is 355 g/mol. The Morgan fingerprint density at radius 2 is 2.19 bits per heavy atom. The van der Waals surface area contributed by atoms with E-state index in [9.17, 15) is 4.79 Å². The van der Waals surface area contributed by atoms with Crippen molar-refractivity contribution < 1.29 is 9.53 Å². The lowest BCUT2D eigenvalue weighted by Gasteiger charge is -2.28. The first-order valence-electron chi connectivity index (χ1n) is 7.38. The van der Waals surface area contributed by atoms with Crippen LogP contribution in [0.15, 0.2) is 28.7 Å². The van der Waals surface area contributed by atoms with Crippen molar-refractivity contribution in [3.05, 3.63) is 34.3 Å². The summed E-state index contributed by atoms with van der Waals surface area (Å²) in [7, 11) is 1.86. The lowest BCUT2D eigenvalue weighted by atomic mass is 9.97. The molecule has 0 aliphatic carbocycles. The molecule has 0 aromatic heterocycles. The molecule has 0 saturated carbocycles. The minimum Gasteiger partial charge on any atom is -0.374 e. The predicted octanol–water partition coefficient (Wildman–Crippen LogP) is 2.39. The summed E-state index contributed by atoms with van der Waals surface area (Å²) in [4.78, 5) is 14.1. The summed E-state index contributed by atoms with van der Waals surface area (Å²) in [5.41, 5.74) is 1.19. The molecule has 1 aliphatic heterocycles. The number of ether oxygens (including phenoxy) is 1. The molecule has 1 saturated heterocycles. The summed E-state index contributed by atoms with van der Waals surface area (Å²) in [6.45, 7) is 5.18. The molecule has 0 radical (unpaired) electrons. The van der Waals surface area contributed by atoms with E-state index in [1.54, 1.807) is 4.90 Å². The van der Waals surface area contributed by atoms with Gasteiger partial charge in [0.15, 0.2) is 0 Å². The predicted molar refractivity (Wildman–Crippen MR) is 87.4 cm³/mol. The van der Waals surface area contributed by atoms with Gasteiger partial charge in [0, 0.05) is 37.6 Å². The van der Waals surface area contributed by atoms with E-state index < -0.39 is 0 Å². The maximum Gasteiger partial charge on any atom is 0.223 e. The highest BCUT2D eigenvalue weighted by Crippen LogP contribution is 2.22. The minimum atomic E-state index is 0.107. The number of halogens is 1. The van der Waals surface area contributed by atoms with Crippen LogP contribution < -0.4 is 5.32 Å². The van der Waals surface area contributed by atoms with Crippen molar-refractivity contribution in [1.29, 1.82) is 0 Å². The second-order valence-electron chi connectivity index (χ2n) is 5.63. The fourth-order valence-electron chi connectivity index (χ4n) is 2.47. The lowest BCUT2D eigenvalue weighted by molar-refractivity contribution is -0.132. The summed E-state index contributed by atoms with van der Waals surface area (Å²) >= 11 is 3.43. The maximum atomic E-state index is 12.3. The Bertz CT molecular complexity index is 458. The molecule has 2 rings (SSSR count). The summed E-state index contributed by atoms with van der Waals surface area (Å²) in [5, 5.41) is 3.28. The van der Waals surface area contributed by atoms with E-state index in [1.165, 1.54) is 5.56 Å². The van der Waals surface area contributed by atoms with Crippen molar-refractivity contribution in [2.45, 2.75) is 25.4 Å². The van der Waals surface area contributed by atoms with Gasteiger partial charge in [0.1, 0.15) is 0 Å². The third-order valence-electron chi connectivity index (χ3n) is 3.83. The second kappa shape index (κ2) is 7.92. The van der Waals surface area contributed by atoms with Crippen molar-refractivity contribution in [1.82, 2.24) is 10.2 Å². The Morgan fingerprint density at radius 1 is 1.48 bits per heavy atom. The van der Waals surface area contributed by atoms with Crippen LogP contribution in [0.3, 0.4) is 0 Å². The Morgan fingerprint density at radius 3 is 2.81 bits per heavy atom. The maximum absolute atomic E-state index is 12.3. The quantitative estimate of drug-likeness (QED) is 0.882. The first-order valence-corrected chi connectivity index (χ1v) is 8.17. The second-order valence-corrected chi connectivity index (χ2v) is 6.54. The van der Waals surface area contributed by atoms with E-state index in [0.29, 0.717) is 13.0 Å². The van der Waals surface area contributed by atoms with Gasteiger partial charge in [-0.05, 0) is 23.6 Å². The fraction of sp³-hybridized carbons (Fsp3) is 0.562. The first kappa shape index (κ1) is 16.5. The fourth-order valence-corrected chi connectivity index (χ4v) is 2.74. The number of morpholine rings is 1. The molecule has 1 fully saturated rings. The Balaban J connectivity index is 1.83. The van der Waals surface area contributed by atoms with Crippen LogP contribution in [0.1, 0.15) is 24.8 Å². The SMILES string of the molecule is CC(CC(=O)N(C)CC1CNCCO1)c1ccc(Br)cc1. The Hall–Kier alpha value is -0.910. The van der Waals surface area contributed by atoms with Gasteiger partial charge in [-0.2, -0.15) is 0 Å². The number of rotatable bonds is 5. The Labute approximate surface area is 135 Å². The molecule has 2 unspecified atom stereocenters. The minimum absolute atomic E-state index is 0.107. The van der Waals surface area contributed by atoms with Crippen LogP contribution in [0.4, 0.5) is 0 Å². The molecule has 1 heterocycles. The molecule has 1 aromatic rings. The molecular weight excluding hydrogens is 332 g/mol. The van der Waals surface area contributed by atoms with Gasteiger partial charge >= 0.3 is 0 Å². The van der Waals surface area contributed by atoms with Gasteiger partial charge < -0.3 is 15.0 Å². The molecule has 5 heteroatoms. The Kier molecular flexibility index (Phi) is 6.21. The highest BCUT2D eigenvalue weighted by Gasteiger charge is 2.20. The number of amides is 1. The van der Waals surface area contributed by atoms with Crippen molar-refractivity contribution in [2.75, 3.05) is 33.3 Å². The van der Waals surface area contributed by atoms with E-state index in [2.05, 4.69) is 40.3 Å². The summed E-state index contributed by atoms with van der Waals surface area (Å²) in [6.07, 6.45) is 0.633. The lowest BCUT2D eigenvalue weighted by Crippen LogP contribution is -2.45. The molecule has 1 amide bonds. The van der Waals surface area contributed by atoms with E-state index in [-0.39, 0.29) is 17.9 Å². The monoisotopic (exact) mass is 354 g/mol. The van der Waals surface area contributed by atoms with Gasteiger partial charge in [-0.1, -0.05) is 35.0 Å². The summed E-state index contributed by atoms with van der Waals surface area (Å²) in [5.74, 6) is 0.387. The van der Waals surface area contributed by atoms with Crippen LogP contribution in [0.25, 0.3) is 0 Å². The van der Waals surface area contributed by atoms with Gasteiger partial charge in [-0.25, -0.2) is 0 Å². The van der Waals surface area contributed by atoms with E-state index in [4.69, 9.17) is 4.74 Å². The van der Waals surface area contributed by atoms with Crippen molar-refractivity contribution in [3.8, 4) is 0 Å². The molecule has 0 spiro atoms. The first-order chi connectivity index (χ1) is 10.1. The molecular formula is C16H23BrN2O2. The average Bonchev–Trinajstić information content (AvgIpc) is 2.48. The summed E-state index contributed by atoms with van der Waals surface area (Å²) < 4.78 is 6.70. The molecule has 0 bridgehead atoms. The van der Waals surface area contributed by atoms with Crippen molar-refractivity contribution >= 4 is 21.8 Å². The van der Waals surface area contributed by atoms with Gasteiger partial charge in [-0.15, -0.1) is 0 Å². The van der Waals surface area contributed by atoms with Crippen LogP contribution in [-0.2, 0) is 9.53 Å². The molecule has 21 heavy (non-hydrogen) atoms. The zero-order valence-corrected chi connectivity index (χ0v) is 14.2. The van der Waals surface area contributed by atoms with Crippen LogP contribution in [0, 0.1) is 0 Å². The third-order valence-corrected chi connectivity index (χ3v) is 4.36. The zero-order chi connectivity index (χ0) is 15.2. The largest absolute Gasteiger partial charge is 0.374 e. The van der Waals surface area contributed by atoms with Crippen LogP contribution in [-0.4, -0.2) is 50.2 Å². The summed E-state index contributed by atoms with van der Waals surface area (Å²) in [6, 6.07) is 8.16. The number of carbonyl (C=O) groups excluding carboxylic acids is 1. The van der Waals surface area contributed by atoms with Gasteiger partial charge in [0.05, 0.1) is 12.7 Å². The van der Waals surface area contributed by atoms with Gasteiger partial charge in [0.2, 0.25) is 5.91 Å². The molecule has 116 valence electrons. The number of hydrogen-bond donors (Lipinski definition) is 1. The smallest absolute Gasteiger partial charge is 0.223 e. The normalized spacial score (nSPS) is 20.0. The van der Waals surface area contributed by atoms with E-state index >= 15 is 0 Å². The van der Waals surface area contributed by atoms with Crippen LogP contribution in [0.2, 0.25) is 0 Å². The number of benzene rings is 1. The topological polar surface area (TPSA) is 41.6 Å². The third kappa shape index (κ3) is 5.09. The van der Waals surface area contributed by atoms with Crippen molar-refractivity contribution in [2.24, 2.45) is 0 Å².